The molecule has 0 aliphatic rings. The summed E-state index contributed by atoms with van der Waals surface area (Å²) in [5.74, 6) is 0.446. The first-order valence-electron chi connectivity index (χ1n) is 11.3. The van der Waals surface area contributed by atoms with Crippen LogP contribution in [0.3, 0.4) is 0 Å². The molecule has 0 fully saturated rings. The van der Waals surface area contributed by atoms with Crippen LogP contribution < -0.4 is 15.6 Å². The van der Waals surface area contributed by atoms with Crippen LogP contribution in [0, 0.1) is 10.9 Å². The largest absolute Gasteiger partial charge is 0.492 e. The number of hydrogen-bond donors (Lipinski definition) is 1. The van der Waals surface area contributed by atoms with E-state index in [2.05, 4.69) is 10.3 Å². The number of para-hydroxylation sites is 3. The van der Waals surface area contributed by atoms with E-state index in [1.165, 1.54) is 34.4 Å². The minimum absolute atomic E-state index is 0.0454. The number of carbonyl (C=O) groups is 1. The molecule has 5 rings (SSSR count). The third-order valence-electron chi connectivity index (χ3n) is 5.35. The van der Waals surface area contributed by atoms with Crippen LogP contribution >= 0.6 is 46.7 Å². The maximum atomic E-state index is 13.9. The van der Waals surface area contributed by atoms with Crippen molar-refractivity contribution in [2.75, 3.05) is 17.7 Å². The van der Waals surface area contributed by atoms with Crippen LogP contribution in [0.5, 0.6) is 5.75 Å². The van der Waals surface area contributed by atoms with Crippen molar-refractivity contribution in [1.82, 2.24) is 19.1 Å². The highest BCUT2D eigenvalue weighted by molar-refractivity contribution is 7.99. The van der Waals surface area contributed by atoms with Gasteiger partial charge in [-0.15, -0.1) is 11.3 Å². The minimum Gasteiger partial charge on any atom is -0.492 e. The van der Waals surface area contributed by atoms with Gasteiger partial charge in [0.25, 0.3) is 5.56 Å². The number of fused-ring (bicyclic) bond motifs is 1. The third-order valence-corrected chi connectivity index (χ3v) is 8.33. The molecular formula is C25H21N5O3S4. The van der Waals surface area contributed by atoms with Gasteiger partial charge in [0.2, 0.25) is 5.91 Å². The second kappa shape index (κ2) is 11.0. The molecule has 0 spiro atoms. The molecule has 8 nitrogen and oxygen atoms in total. The average molecular weight is 568 g/mol. The molecule has 0 radical (unpaired) electrons. The third kappa shape index (κ3) is 5.10. The predicted octanol–water partition coefficient (Wildman–Crippen LogP) is 5.86. The molecule has 3 aromatic heterocycles. The van der Waals surface area contributed by atoms with Gasteiger partial charge in [0.15, 0.2) is 19.9 Å². The number of hydrogen-bond acceptors (Lipinski definition) is 9. The van der Waals surface area contributed by atoms with E-state index in [9.17, 15) is 9.59 Å². The molecule has 2 aromatic carbocycles. The van der Waals surface area contributed by atoms with Crippen molar-refractivity contribution in [3.05, 3.63) is 80.0 Å². The number of carbonyl (C=O) groups excluding carboxylic acids is 1. The number of aryl methyl sites for hydroxylation is 1. The van der Waals surface area contributed by atoms with E-state index in [0.29, 0.717) is 48.3 Å². The van der Waals surface area contributed by atoms with Crippen molar-refractivity contribution >= 4 is 68.0 Å². The van der Waals surface area contributed by atoms with Crippen LogP contribution in [0.1, 0.15) is 12.5 Å². The SMILES string of the molecule is CCOc1ccccc1-n1c(=S)sc2c(=O)n(-c3ccccc3C)c(SCC(=O)Nc3nccs3)nc21. The van der Waals surface area contributed by atoms with Gasteiger partial charge in [0.05, 0.1) is 23.7 Å². The maximum Gasteiger partial charge on any atom is 0.278 e. The Morgan fingerprint density at radius 2 is 1.89 bits per heavy atom. The number of thioether (sulfide) groups is 1. The van der Waals surface area contributed by atoms with E-state index in [1.54, 1.807) is 20.7 Å². The molecule has 0 aliphatic carbocycles. The van der Waals surface area contributed by atoms with Gasteiger partial charge in [-0.2, -0.15) is 0 Å². The maximum absolute atomic E-state index is 13.9. The second-order valence-electron chi connectivity index (χ2n) is 7.75. The lowest BCUT2D eigenvalue weighted by atomic mass is 10.2. The molecular weight excluding hydrogens is 547 g/mol. The number of benzene rings is 2. The molecule has 5 aromatic rings. The Kier molecular flexibility index (Phi) is 7.51. The molecule has 0 unspecified atom stereocenters. The lowest BCUT2D eigenvalue weighted by molar-refractivity contribution is -0.113. The average Bonchev–Trinajstić information content (AvgIpc) is 3.51. The van der Waals surface area contributed by atoms with Gasteiger partial charge >= 0.3 is 0 Å². The van der Waals surface area contributed by atoms with Crippen molar-refractivity contribution in [2.24, 2.45) is 0 Å². The zero-order valence-electron chi connectivity index (χ0n) is 19.8. The Morgan fingerprint density at radius 3 is 2.62 bits per heavy atom. The van der Waals surface area contributed by atoms with Crippen LogP contribution in [0.4, 0.5) is 5.13 Å². The van der Waals surface area contributed by atoms with Crippen molar-refractivity contribution in [1.29, 1.82) is 0 Å². The first kappa shape index (κ1) is 25.3. The van der Waals surface area contributed by atoms with Gasteiger partial charge in [-0.1, -0.05) is 53.4 Å². The fraction of sp³-hybridized carbons (Fsp3) is 0.160. The summed E-state index contributed by atoms with van der Waals surface area (Å²) in [6.45, 7) is 4.32. The summed E-state index contributed by atoms with van der Waals surface area (Å²) in [6.07, 6.45) is 1.63. The Morgan fingerprint density at radius 1 is 1.14 bits per heavy atom. The van der Waals surface area contributed by atoms with Crippen LogP contribution in [-0.4, -0.2) is 37.4 Å². The van der Waals surface area contributed by atoms with E-state index in [1.807, 2.05) is 62.4 Å². The minimum atomic E-state index is -0.245. The predicted molar refractivity (Wildman–Crippen MR) is 153 cm³/mol. The summed E-state index contributed by atoms with van der Waals surface area (Å²) in [5.41, 5.74) is 2.50. The highest BCUT2D eigenvalue weighted by atomic mass is 32.2. The second-order valence-corrected chi connectivity index (χ2v) is 11.2. The molecule has 0 atom stereocenters. The van der Waals surface area contributed by atoms with E-state index in [-0.39, 0.29) is 17.2 Å². The fourth-order valence-corrected chi connectivity index (χ4v) is 6.39. The molecule has 1 amide bonds. The molecule has 0 saturated carbocycles. The number of ether oxygens (including phenoxy) is 1. The summed E-state index contributed by atoms with van der Waals surface area (Å²) in [7, 11) is 0. The smallest absolute Gasteiger partial charge is 0.278 e. The van der Waals surface area contributed by atoms with Gasteiger partial charge in [-0.3, -0.25) is 18.7 Å². The topological polar surface area (TPSA) is 91.0 Å². The number of nitrogens with one attached hydrogen (secondary N) is 1. The number of anilines is 1. The van der Waals surface area contributed by atoms with E-state index in [0.717, 1.165) is 5.56 Å². The lowest BCUT2D eigenvalue weighted by Crippen LogP contribution is -2.23. The molecule has 37 heavy (non-hydrogen) atoms. The van der Waals surface area contributed by atoms with Gasteiger partial charge < -0.3 is 10.1 Å². The van der Waals surface area contributed by atoms with Crippen molar-refractivity contribution in [3.63, 3.8) is 0 Å². The highest BCUT2D eigenvalue weighted by Crippen LogP contribution is 2.31. The van der Waals surface area contributed by atoms with E-state index in [4.69, 9.17) is 21.9 Å². The Labute approximate surface area is 229 Å². The summed E-state index contributed by atoms with van der Waals surface area (Å²) in [4.78, 5) is 35.6. The van der Waals surface area contributed by atoms with Crippen LogP contribution in [0.15, 0.2) is 70.1 Å². The molecule has 12 heteroatoms. The zero-order valence-corrected chi connectivity index (χ0v) is 23.1. The first-order chi connectivity index (χ1) is 18.0. The van der Waals surface area contributed by atoms with Crippen molar-refractivity contribution < 1.29 is 9.53 Å². The van der Waals surface area contributed by atoms with Crippen LogP contribution in [0.2, 0.25) is 0 Å². The van der Waals surface area contributed by atoms with Crippen LogP contribution in [0.25, 0.3) is 21.7 Å². The lowest BCUT2D eigenvalue weighted by Gasteiger charge is -2.15. The standard InChI is InChI=1S/C25H21N5O3S4/c1-3-33-18-11-7-6-10-17(18)29-21-20(37-25(29)34)22(32)30(16-9-5-4-8-15(16)2)24(28-21)36-14-19(31)27-23-26-12-13-35-23/h4-13H,3,14H2,1-2H3,(H,26,27,31). The summed E-state index contributed by atoms with van der Waals surface area (Å²) >= 11 is 9.43. The van der Waals surface area contributed by atoms with E-state index < -0.39 is 0 Å². The van der Waals surface area contributed by atoms with Gasteiger partial charge in [0.1, 0.15) is 10.4 Å². The van der Waals surface area contributed by atoms with Gasteiger partial charge in [-0.05, 0) is 49.8 Å². The zero-order chi connectivity index (χ0) is 25.9. The molecule has 3 heterocycles. The van der Waals surface area contributed by atoms with Gasteiger partial charge in [-0.25, -0.2) is 9.97 Å². The van der Waals surface area contributed by atoms with Crippen molar-refractivity contribution in [3.8, 4) is 17.1 Å². The number of amides is 1. The Bertz CT molecular complexity index is 1710. The molecule has 1 N–H and O–H groups in total. The Balaban J connectivity index is 1.67. The number of nitrogens with zero attached hydrogens (tertiary/aromatic N) is 4. The molecule has 0 aliphatic heterocycles. The van der Waals surface area contributed by atoms with Crippen LogP contribution in [-0.2, 0) is 4.79 Å². The van der Waals surface area contributed by atoms with E-state index >= 15 is 0 Å². The van der Waals surface area contributed by atoms with Gasteiger partial charge in [0, 0.05) is 11.6 Å². The number of rotatable bonds is 8. The fourth-order valence-electron chi connectivity index (χ4n) is 3.76. The summed E-state index contributed by atoms with van der Waals surface area (Å²) in [6, 6.07) is 15.1. The molecule has 188 valence electrons. The Hall–Kier alpha value is -3.32. The molecule has 0 bridgehead atoms. The van der Waals surface area contributed by atoms with Crippen molar-refractivity contribution in [2.45, 2.75) is 19.0 Å². The quantitative estimate of drug-likeness (QED) is 0.143. The normalized spacial score (nSPS) is 11.1. The number of aromatic nitrogens is 4. The summed E-state index contributed by atoms with van der Waals surface area (Å²) in [5, 5.41) is 5.46. The molecule has 0 saturated heterocycles. The monoisotopic (exact) mass is 567 g/mol. The highest BCUT2D eigenvalue weighted by Gasteiger charge is 2.22. The number of thiazole rings is 2. The first-order valence-corrected chi connectivity index (χ1v) is 14.4. The summed E-state index contributed by atoms with van der Waals surface area (Å²) < 4.78 is 10.1.